The van der Waals surface area contributed by atoms with Crippen LogP contribution in [-0.4, -0.2) is 23.1 Å². The Kier molecular flexibility index (Phi) is 3.57. The molecule has 0 spiro atoms. The van der Waals surface area contributed by atoms with Crippen molar-refractivity contribution in [3.05, 3.63) is 44.9 Å². The summed E-state index contributed by atoms with van der Waals surface area (Å²) in [6.07, 6.45) is 0.653. The minimum Gasteiger partial charge on any atom is -0.320 e. The number of aromatic amines is 1. The highest BCUT2D eigenvalue weighted by atomic mass is 19.1. The average Bonchev–Trinajstić information content (AvgIpc) is 2.35. The van der Waals surface area contributed by atoms with Crippen molar-refractivity contribution in [2.75, 3.05) is 13.6 Å². The third-order valence-electron chi connectivity index (χ3n) is 2.77. The van der Waals surface area contributed by atoms with Crippen molar-refractivity contribution in [3.63, 3.8) is 0 Å². The molecular weight excluding hydrogens is 237 g/mol. The van der Waals surface area contributed by atoms with Crippen molar-refractivity contribution in [1.82, 2.24) is 14.9 Å². The van der Waals surface area contributed by atoms with Crippen molar-refractivity contribution in [2.45, 2.75) is 13.0 Å². The van der Waals surface area contributed by atoms with Gasteiger partial charge in [0.05, 0.1) is 10.9 Å². The van der Waals surface area contributed by atoms with E-state index in [1.165, 1.54) is 18.2 Å². The summed E-state index contributed by atoms with van der Waals surface area (Å²) in [6, 6.07) is 4.17. The van der Waals surface area contributed by atoms with Crippen LogP contribution < -0.4 is 16.6 Å². The van der Waals surface area contributed by atoms with Crippen molar-refractivity contribution in [2.24, 2.45) is 0 Å². The fourth-order valence-corrected chi connectivity index (χ4v) is 1.86. The zero-order valence-corrected chi connectivity index (χ0v) is 10.00. The van der Waals surface area contributed by atoms with E-state index in [4.69, 9.17) is 0 Å². The number of aromatic nitrogens is 2. The zero-order chi connectivity index (χ0) is 13.1. The van der Waals surface area contributed by atoms with Gasteiger partial charge in [0.15, 0.2) is 0 Å². The maximum atomic E-state index is 13.5. The Morgan fingerprint density at radius 3 is 2.89 bits per heavy atom. The summed E-state index contributed by atoms with van der Waals surface area (Å²) in [7, 11) is 1.79. The molecule has 0 fully saturated rings. The molecule has 0 aliphatic carbocycles. The fraction of sp³-hybridized carbons (Fsp3) is 0.333. The fourth-order valence-electron chi connectivity index (χ4n) is 1.86. The van der Waals surface area contributed by atoms with Gasteiger partial charge in [-0.05, 0) is 32.1 Å². The van der Waals surface area contributed by atoms with E-state index in [0.717, 1.165) is 4.57 Å². The Labute approximate surface area is 102 Å². The van der Waals surface area contributed by atoms with Crippen LogP contribution in [0.5, 0.6) is 0 Å². The van der Waals surface area contributed by atoms with Gasteiger partial charge in [-0.25, -0.2) is 9.18 Å². The molecule has 0 aliphatic rings. The van der Waals surface area contributed by atoms with Crippen LogP contribution in [0.2, 0.25) is 0 Å². The van der Waals surface area contributed by atoms with E-state index in [1.54, 1.807) is 7.05 Å². The molecule has 5 nitrogen and oxygen atoms in total. The lowest BCUT2D eigenvalue weighted by Crippen LogP contribution is -2.35. The van der Waals surface area contributed by atoms with E-state index in [2.05, 4.69) is 10.3 Å². The molecule has 0 aliphatic heterocycles. The molecule has 0 saturated heterocycles. The maximum absolute atomic E-state index is 13.5. The highest BCUT2D eigenvalue weighted by Crippen LogP contribution is 2.09. The largest absolute Gasteiger partial charge is 0.328 e. The molecule has 2 aromatic rings. The van der Waals surface area contributed by atoms with E-state index in [0.29, 0.717) is 19.5 Å². The molecule has 1 aromatic carbocycles. The van der Waals surface area contributed by atoms with E-state index in [1.807, 2.05) is 0 Å². The molecule has 0 atom stereocenters. The highest BCUT2D eigenvalue weighted by molar-refractivity contribution is 5.77. The predicted octanol–water partition coefficient (Wildman–Crippen LogP) is 0.438. The lowest BCUT2D eigenvalue weighted by Gasteiger charge is -2.06. The lowest BCUT2D eigenvalue weighted by atomic mass is 10.2. The molecule has 0 bridgehead atoms. The minimum atomic E-state index is -0.593. The first-order valence-electron chi connectivity index (χ1n) is 5.71. The lowest BCUT2D eigenvalue weighted by molar-refractivity contribution is 0.574. The van der Waals surface area contributed by atoms with Gasteiger partial charge in [0.1, 0.15) is 5.82 Å². The normalized spacial score (nSPS) is 11.0. The van der Waals surface area contributed by atoms with Crippen molar-refractivity contribution >= 4 is 10.9 Å². The standard InChI is InChI=1S/C12H14FN3O2/c1-14-6-3-7-16-11(17)8-4-2-5-9(13)10(8)15-12(16)18/h2,4-5,14H,3,6-7H2,1H3,(H,15,18). The first kappa shape index (κ1) is 12.5. The molecule has 0 amide bonds. The Bertz CT molecular complexity index is 675. The van der Waals surface area contributed by atoms with Gasteiger partial charge in [-0.3, -0.25) is 9.36 Å². The number of benzene rings is 1. The topological polar surface area (TPSA) is 66.9 Å². The van der Waals surface area contributed by atoms with Gasteiger partial charge in [-0.1, -0.05) is 6.07 Å². The summed E-state index contributed by atoms with van der Waals surface area (Å²) in [5.74, 6) is -0.593. The number of rotatable bonds is 4. The summed E-state index contributed by atoms with van der Waals surface area (Å²) >= 11 is 0. The molecule has 1 aromatic heterocycles. The third kappa shape index (κ3) is 2.19. The minimum absolute atomic E-state index is 0.0302. The van der Waals surface area contributed by atoms with Crippen LogP contribution in [0.1, 0.15) is 6.42 Å². The summed E-state index contributed by atoms with van der Waals surface area (Å²) < 4.78 is 14.6. The van der Waals surface area contributed by atoms with Gasteiger partial charge < -0.3 is 10.3 Å². The number of nitrogens with zero attached hydrogens (tertiary/aromatic N) is 1. The second-order valence-electron chi connectivity index (χ2n) is 4.01. The van der Waals surface area contributed by atoms with Gasteiger partial charge in [0, 0.05) is 6.54 Å². The molecule has 0 radical (unpaired) electrons. The van der Waals surface area contributed by atoms with Crippen LogP contribution in [0.4, 0.5) is 4.39 Å². The Morgan fingerprint density at radius 2 is 2.17 bits per heavy atom. The van der Waals surface area contributed by atoms with Crippen LogP contribution in [0.3, 0.4) is 0 Å². The number of para-hydroxylation sites is 1. The summed E-state index contributed by atoms with van der Waals surface area (Å²) in [5, 5.41) is 3.13. The second-order valence-corrected chi connectivity index (χ2v) is 4.01. The molecule has 1 heterocycles. The number of fused-ring (bicyclic) bond motifs is 1. The van der Waals surface area contributed by atoms with E-state index in [-0.39, 0.29) is 10.9 Å². The van der Waals surface area contributed by atoms with E-state index in [9.17, 15) is 14.0 Å². The average molecular weight is 251 g/mol. The number of halogens is 1. The molecule has 18 heavy (non-hydrogen) atoms. The maximum Gasteiger partial charge on any atom is 0.328 e. The van der Waals surface area contributed by atoms with Crippen LogP contribution in [0.25, 0.3) is 10.9 Å². The third-order valence-corrected chi connectivity index (χ3v) is 2.77. The molecule has 6 heteroatoms. The van der Waals surface area contributed by atoms with Gasteiger partial charge in [-0.2, -0.15) is 0 Å². The van der Waals surface area contributed by atoms with Crippen LogP contribution in [-0.2, 0) is 6.54 Å². The number of hydrogen-bond acceptors (Lipinski definition) is 3. The molecule has 2 rings (SSSR count). The van der Waals surface area contributed by atoms with Gasteiger partial charge in [-0.15, -0.1) is 0 Å². The van der Waals surface area contributed by atoms with Gasteiger partial charge >= 0.3 is 5.69 Å². The first-order valence-corrected chi connectivity index (χ1v) is 5.71. The second kappa shape index (κ2) is 5.14. The number of hydrogen-bond donors (Lipinski definition) is 2. The SMILES string of the molecule is CNCCCn1c(=O)[nH]c2c(F)cccc2c1=O. The molecular formula is C12H14FN3O2. The molecule has 96 valence electrons. The summed E-state index contributed by atoms with van der Waals surface area (Å²) in [5.41, 5.74) is -1.06. The van der Waals surface area contributed by atoms with Crippen LogP contribution in [0.15, 0.2) is 27.8 Å². The predicted molar refractivity (Wildman–Crippen MR) is 67.3 cm³/mol. The zero-order valence-electron chi connectivity index (χ0n) is 10.00. The van der Waals surface area contributed by atoms with E-state index < -0.39 is 17.1 Å². The highest BCUT2D eigenvalue weighted by Gasteiger charge is 2.09. The van der Waals surface area contributed by atoms with Crippen LogP contribution in [0, 0.1) is 5.82 Å². The Balaban J connectivity index is 2.56. The summed E-state index contributed by atoms with van der Waals surface area (Å²) in [4.78, 5) is 26.2. The molecule has 0 saturated carbocycles. The Hall–Kier alpha value is -1.95. The quantitative estimate of drug-likeness (QED) is 0.775. The number of H-pyrrole nitrogens is 1. The van der Waals surface area contributed by atoms with Crippen molar-refractivity contribution in [3.8, 4) is 0 Å². The summed E-state index contributed by atoms with van der Waals surface area (Å²) in [6.45, 7) is 1.01. The van der Waals surface area contributed by atoms with Gasteiger partial charge in [0.2, 0.25) is 0 Å². The van der Waals surface area contributed by atoms with Crippen molar-refractivity contribution in [1.29, 1.82) is 0 Å². The van der Waals surface area contributed by atoms with Crippen molar-refractivity contribution < 1.29 is 4.39 Å². The first-order chi connectivity index (χ1) is 8.65. The van der Waals surface area contributed by atoms with Crippen LogP contribution >= 0.6 is 0 Å². The van der Waals surface area contributed by atoms with E-state index >= 15 is 0 Å². The number of nitrogens with one attached hydrogen (secondary N) is 2. The van der Waals surface area contributed by atoms with Gasteiger partial charge in [0.25, 0.3) is 5.56 Å². The smallest absolute Gasteiger partial charge is 0.320 e. The molecule has 2 N–H and O–H groups in total. The monoisotopic (exact) mass is 251 g/mol. The Morgan fingerprint density at radius 1 is 1.39 bits per heavy atom. The molecule has 0 unspecified atom stereocenters.